The van der Waals surface area contributed by atoms with Crippen molar-refractivity contribution in [3.8, 4) is 0 Å². The number of aliphatic carboxylic acids is 1. The number of carbonyl (C=O) groups excluding carboxylic acids is 1. The van der Waals surface area contributed by atoms with E-state index in [0.29, 0.717) is 12.2 Å². The molecule has 1 aromatic heterocycles. The predicted molar refractivity (Wildman–Crippen MR) is 71.6 cm³/mol. The van der Waals surface area contributed by atoms with E-state index in [9.17, 15) is 19.7 Å². The lowest BCUT2D eigenvalue weighted by Gasteiger charge is -2.25. The molecular weight excluding hydrogens is 286 g/mol. The number of aromatic amines is 1. The normalized spacial score (nSPS) is 21.9. The van der Waals surface area contributed by atoms with Crippen LogP contribution in [0.1, 0.15) is 23.8 Å². The van der Waals surface area contributed by atoms with Crippen molar-refractivity contribution in [2.75, 3.05) is 5.75 Å². The van der Waals surface area contributed by atoms with Gasteiger partial charge in [0.05, 0.1) is 16.5 Å². The first-order valence-corrected chi connectivity index (χ1v) is 7.00. The first-order chi connectivity index (χ1) is 9.45. The van der Waals surface area contributed by atoms with Gasteiger partial charge in [0.15, 0.2) is 0 Å². The van der Waals surface area contributed by atoms with Crippen molar-refractivity contribution in [3.05, 3.63) is 28.1 Å². The molecule has 2 rings (SSSR count). The molecule has 2 atom stereocenters. The van der Waals surface area contributed by atoms with Crippen LogP contribution < -0.4 is 0 Å². The Kier molecular flexibility index (Phi) is 3.98. The van der Waals surface area contributed by atoms with Crippen molar-refractivity contribution in [1.82, 2.24) is 9.88 Å². The van der Waals surface area contributed by atoms with E-state index in [4.69, 9.17) is 5.11 Å². The number of carbonyl (C=O) groups is 2. The Labute approximate surface area is 118 Å². The summed E-state index contributed by atoms with van der Waals surface area (Å²) in [6.45, 7) is 1.86. The Balaban J connectivity index is 2.28. The molecule has 9 heteroatoms. The van der Waals surface area contributed by atoms with Gasteiger partial charge in [-0.15, -0.1) is 11.8 Å². The van der Waals surface area contributed by atoms with E-state index in [1.54, 1.807) is 0 Å². The standard InChI is InChI=1S/C11H13N3O5S/c1-2-9-13(8(5-20-9)11(16)17)10(15)7-3-6(4-12-7)14(18)19/h3-4,8-9,12H,2,5H2,1H3,(H,16,17). The van der Waals surface area contributed by atoms with Crippen LogP contribution >= 0.6 is 11.8 Å². The second-order valence-electron chi connectivity index (χ2n) is 4.29. The minimum atomic E-state index is -1.07. The number of nitrogens with one attached hydrogen (secondary N) is 1. The van der Waals surface area contributed by atoms with Gasteiger partial charge in [0.2, 0.25) is 0 Å². The maximum Gasteiger partial charge on any atom is 0.327 e. The number of hydrogen-bond acceptors (Lipinski definition) is 5. The van der Waals surface area contributed by atoms with Gasteiger partial charge in [-0.05, 0) is 6.42 Å². The largest absolute Gasteiger partial charge is 0.480 e. The van der Waals surface area contributed by atoms with E-state index in [1.165, 1.54) is 16.7 Å². The summed E-state index contributed by atoms with van der Waals surface area (Å²) >= 11 is 1.40. The predicted octanol–water partition coefficient (Wildman–Crippen LogP) is 1.30. The van der Waals surface area contributed by atoms with Gasteiger partial charge in [-0.3, -0.25) is 14.9 Å². The maximum absolute atomic E-state index is 12.4. The molecular formula is C11H13N3O5S. The number of nitro groups is 1. The molecule has 1 amide bonds. The second-order valence-corrected chi connectivity index (χ2v) is 5.50. The van der Waals surface area contributed by atoms with Crippen LogP contribution in [0.2, 0.25) is 0 Å². The lowest BCUT2D eigenvalue weighted by molar-refractivity contribution is -0.384. The minimum Gasteiger partial charge on any atom is -0.480 e. The van der Waals surface area contributed by atoms with Crippen molar-refractivity contribution in [2.24, 2.45) is 0 Å². The van der Waals surface area contributed by atoms with Crippen LogP contribution in [0, 0.1) is 10.1 Å². The summed E-state index contributed by atoms with van der Waals surface area (Å²) in [6.07, 6.45) is 1.73. The van der Waals surface area contributed by atoms with E-state index < -0.39 is 22.8 Å². The molecule has 1 saturated heterocycles. The van der Waals surface area contributed by atoms with Gasteiger partial charge in [0.1, 0.15) is 11.7 Å². The number of H-pyrrole nitrogens is 1. The minimum absolute atomic E-state index is 0.0314. The zero-order chi connectivity index (χ0) is 14.9. The smallest absolute Gasteiger partial charge is 0.327 e. The number of carboxylic acid groups (broad SMARTS) is 1. The lowest BCUT2D eigenvalue weighted by Crippen LogP contribution is -2.45. The Morgan fingerprint density at radius 1 is 1.65 bits per heavy atom. The van der Waals surface area contributed by atoms with Gasteiger partial charge in [0, 0.05) is 11.8 Å². The molecule has 1 fully saturated rings. The molecule has 108 valence electrons. The number of thioether (sulfide) groups is 1. The van der Waals surface area contributed by atoms with Crippen LogP contribution in [0.25, 0.3) is 0 Å². The highest BCUT2D eigenvalue weighted by atomic mass is 32.2. The summed E-state index contributed by atoms with van der Waals surface area (Å²) in [4.78, 5) is 37.4. The third-order valence-corrected chi connectivity index (χ3v) is 4.52. The number of hydrogen-bond donors (Lipinski definition) is 2. The second kappa shape index (κ2) is 5.53. The van der Waals surface area contributed by atoms with E-state index in [1.807, 2.05) is 6.92 Å². The first-order valence-electron chi connectivity index (χ1n) is 5.95. The van der Waals surface area contributed by atoms with E-state index in [2.05, 4.69) is 4.98 Å². The van der Waals surface area contributed by atoms with Crippen molar-refractivity contribution in [1.29, 1.82) is 0 Å². The summed E-state index contributed by atoms with van der Waals surface area (Å²) in [5.41, 5.74) is -0.191. The molecule has 1 aliphatic heterocycles. The average Bonchev–Trinajstić information content (AvgIpc) is 3.04. The first kappa shape index (κ1) is 14.4. The highest BCUT2D eigenvalue weighted by molar-refractivity contribution is 8.00. The third kappa shape index (κ3) is 2.48. The SMILES string of the molecule is CCC1SCC(C(=O)O)N1C(=O)c1cc([N+](=O)[O-])c[nH]1. The van der Waals surface area contributed by atoms with Crippen LogP contribution in [-0.2, 0) is 4.79 Å². The zero-order valence-corrected chi connectivity index (χ0v) is 11.4. The van der Waals surface area contributed by atoms with Crippen molar-refractivity contribution >= 4 is 29.3 Å². The number of aromatic nitrogens is 1. The number of nitrogens with zero attached hydrogens (tertiary/aromatic N) is 2. The van der Waals surface area contributed by atoms with E-state index in [0.717, 1.165) is 12.3 Å². The Hall–Kier alpha value is -2.03. The Morgan fingerprint density at radius 3 is 2.85 bits per heavy atom. The van der Waals surface area contributed by atoms with Gasteiger partial charge in [-0.1, -0.05) is 6.92 Å². The summed E-state index contributed by atoms with van der Waals surface area (Å²) < 4.78 is 0. The molecule has 2 unspecified atom stereocenters. The fourth-order valence-corrected chi connectivity index (χ4v) is 3.44. The van der Waals surface area contributed by atoms with E-state index in [-0.39, 0.29) is 16.8 Å². The Bertz CT molecular complexity index is 558. The van der Waals surface area contributed by atoms with Gasteiger partial charge in [-0.25, -0.2) is 4.79 Å². The van der Waals surface area contributed by atoms with Crippen LogP contribution in [0.5, 0.6) is 0 Å². The highest BCUT2D eigenvalue weighted by Gasteiger charge is 2.41. The summed E-state index contributed by atoms with van der Waals surface area (Å²) in [5, 5.41) is 19.5. The summed E-state index contributed by atoms with van der Waals surface area (Å²) in [7, 11) is 0. The molecule has 20 heavy (non-hydrogen) atoms. The lowest BCUT2D eigenvalue weighted by atomic mass is 10.2. The Morgan fingerprint density at radius 2 is 2.35 bits per heavy atom. The molecule has 8 nitrogen and oxygen atoms in total. The number of carboxylic acids is 1. The van der Waals surface area contributed by atoms with Gasteiger partial charge >= 0.3 is 5.97 Å². The molecule has 0 saturated carbocycles. The van der Waals surface area contributed by atoms with Crippen LogP contribution in [0.3, 0.4) is 0 Å². The zero-order valence-electron chi connectivity index (χ0n) is 10.6. The third-order valence-electron chi connectivity index (χ3n) is 3.07. The fourth-order valence-electron chi connectivity index (χ4n) is 2.09. The quantitative estimate of drug-likeness (QED) is 0.639. The van der Waals surface area contributed by atoms with Gasteiger partial charge in [0.25, 0.3) is 11.6 Å². The van der Waals surface area contributed by atoms with Gasteiger partial charge < -0.3 is 15.0 Å². The van der Waals surface area contributed by atoms with Crippen molar-refractivity contribution < 1.29 is 19.6 Å². The van der Waals surface area contributed by atoms with E-state index >= 15 is 0 Å². The summed E-state index contributed by atoms with van der Waals surface area (Å²) in [6, 6.07) is 0.219. The van der Waals surface area contributed by atoms with Crippen LogP contribution in [0.15, 0.2) is 12.3 Å². The van der Waals surface area contributed by atoms with Crippen molar-refractivity contribution in [2.45, 2.75) is 24.8 Å². The average molecular weight is 299 g/mol. The molecule has 0 aromatic carbocycles. The molecule has 2 N–H and O–H groups in total. The topological polar surface area (TPSA) is 117 Å². The monoisotopic (exact) mass is 299 g/mol. The number of amides is 1. The summed E-state index contributed by atoms with van der Waals surface area (Å²) in [5.74, 6) is -1.27. The van der Waals surface area contributed by atoms with Crippen LogP contribution in [0.4, 0.5) is 5.69 Å². The number of rotatable bonds is 4. The molecule has 1 aromatic rings. The molecule has 0 spiro atoms. The molecule has 2 heterocycles. The molecule has 0 bridgehead atoms. The molecule has 1 aliphatic rings. The fraction of sp³-hybridized carbons (Fsp3) is 0.455. The molecule has 0 radical (unpaired) electrons. The molecule has 0 aliphatic carbocycles. The van der Waals surface area contributed by atoms with Crippen molar-refractivity contribution in [3.63, 3.8) is 0 Å². The van der Waals surface area contributed by atoms with Gasteiger partial charge in [-0.2, -0.15) is 0 Å². The maximum atomic E-state index is 12.4. The van der Waals surface area contributed by atoms with Crippen LogP contribution in [-0.4, -0.2) is 49.0 Å². The highest BCUT2D eigenvalue weighted by Crippen LogP contribution is 2.32.